The zero-order valence-corrected chi connectivity index (χ0v) is 22.0. The molecule has 1 aromatic carbocycles. The molecule has 0 bridgehead atoms. The van der Waals surface area contributed by atoms with Gasteiger partial charge in [0.1, 0.15) is 11.4 Å². The standard InChI is InChI=1S/C25H33ClN8O4/c1-25(28,14-35)22(36)32-6-8-33(9-7-32)23(37)29-20-4-5-34(24(38)30-20)16-3-2-15(19(26)10-16)11-31-12-17-18(13-31)21(17)27/h2-5,10,17-18,21,35H,6-9,11-14,27-28H2,1H3,(H,29,30,37,38). The number of piperidine rings is 1. The molecule has 6 N–H and O–H groups in total. The van der Waals surface area contributed by atoms with Crippen LogP contribution in [-0.2, 0) is 11.3 Å². The molecule has 1 aromatic heterocycles. The minimum absolute atomic E-state index is 0.123. The molecule has 204 valence electrons. The first kappa shape index (κ1) is 26.6. The van der Waals surface area contributed by atoms with Crippen LogP contribution in [0.25, 0.3) is 5.69 Å². The molecule has 3 amide bonds. The molecule has 0 radical (unpaired) electrons. The second kappa shape index (κ2) is 10.3. The molecule has 12 nitrogen and oxygen atoms in total. The quantitative estimate of drug-likeness (QED) is 0.384. The molecular weight excluding hydrogens is 512 g/mol. The van der Waals surface area contributed by atoms with Crippen molar-refractivity contribution in [2.45, 2.75) is 25.0 Å². The minimum atomic E-state index is -1.36. The van der Waals surface area contributed by atoms with E-state index in [9.17, 15) is 19.5 Å². The zero-order chi connectivity index (χ0) is 27.2. The number of carbonyl (C=O) groups is 2. The van der Waals surface area contributed by atoms with Crippen molar-refractivity contribution < 1.29 is 14.7 Å². The number of nitrogens with zero attached hydrogens (tertiary/aromatic N) is 5. The summed E-state index contributed by atoms with van der Waals surface area (Å²) in [6.07, 6.45) is 1.54. The maximum atomic E-state index is 12.7. The summed E-state index contributed by atoms with van der Waals surface area (Å²) < 4.78 is 1.37. The Kier molecular flexibility index (Phi) is 7.18. The summed E-state index contributed by atoms with van der Waals surface area (Å²) in [6, 6.07) is 6.95. The topological polar surface area (TPSA) is 163 Å². The van der Waals surface area contributed by atoms with Crippen molar-refractivity contribution in [1.82, 2.24) is 24.3 Å². The van der Waals surface area contributed by atoms with E-state index in [4.69, 9.17) is 23.1 Å². The van der Waals surface area contributed by atoms with Gasteiger partial charge in [-0.1, -0.05) is 17.7 Å². The molecule has 13 heteroatoms. The van der Waals surface area contributed by atoms with Gasteiger partial charge in [-0.05, 0) is 42.5 Å². The predicted octanol–water partition coefficient (Wildman–Crippen LogP) is -0.339. The minimum Gasteiger partial charge on any atom is -0.394 e. The lowest BCUT2D eigenvalue weighted by atomic mass is 10.0. The fourth-order valence-electron chi connectivity index (χ4n) is 5.24. The monoisotopic (exact) mass is 544 g/mol. The first-order valence-electron chi connectivity index (χ1n) is 12.7. The number of benzene rings is 1. The molecule has 5 rings (SSSR count). The number of halogens is 1. The number of nitrogens with two attached hydrogens (primary N) is 2. The average molecular weight is 545 g/mol. The largest absolute Gasteiger partial charge is 0.394 e. The van der Waals surface area contributed by atoms with Crippen molar-refractivity contribution in [2.75, 3.05) is 51.2 Å². The summed E-state index contributed by atoms with van der Waals surface area (Å²) in [5.74, 6) is 0.962. The Hall–Kier alpha value is -3.03. The number of nitrogens with one attached hydrogen (secondary N) is 1. The third-order valence-corrected chi connectivity index (χ3v) is 8.11. The van der Waals surface area contributed by atoms with E-state index in [-0.39, 0.29) is 37.9 Å². The van der Waals surface area contributed by atoms with E-state index in [1.807, 2.05) is 12.1 Å². The number of fused-ring (bicyclic) bond motifs is 1. The van der Waals surface area contributed by atoms with Gasteiger partial charge in [-0.15, -0.1) is 0 Å². The first-order valence-corrected chi connectivity index (χ1v) is 13.1. The lowest BCUT2D eigenvalue weighted by Crippen LogP contribution is -2.60. The molecule has 3 fully saturated rings. The van der Waals surface area contributed by atoms with Gasteiger partial charge in [0.15, 0.2) is 0 Å². The number of carbonyl (C=O) groups excluding carboxylic acids is 2. The number of aliphatic hydroxyl groups is 1. The maximum Gasteiger partial charge on any atom is 0.354 e. The van der Waals surface area contributed by atoms with Crippen LogP contribution in [0.4, 0.5) is 10.6 Å². The van der Waals surface area contributed by atoms with E-state index in [0.717, 1.165) is 25.2 Å². The van der Waals surface area contributed by atoms with Crippen LogP contribution < -0.4 is 22.5 Å². The van der Waals surface area contributed by atoms with Gasteiger partial charge in [-0.25, -0.2) is 9.59 Å². The highest BCUT2D eigenvalue weighted by Gasteiger charge is 2.53. The highest BCUT2D eigenvalue weighted by Crippen LogP contribution is 2.44. The van der Waals surface area contributed by atoms with E-state index in [1.165, 1.54) is 21.3 Å². The van der Waals surface area contributed by atoms with Gasteiger partial charge in [-0.3, -0.25) is 19.6 Å². The molecule has 1 aliphatic carbocycles. The summed E-state index contributed by atoms with van der Waals surface area (Å²) in [5.41, 5.74) is 11.5. The number of aromatic nitrogens is 2. The first-order chi connectivity index (χ1) is 18.1. The van der Waals surface area contributed by atoms with Gasteiger partial charge >= 0.3 is 11.7 Å². The second-order valence-electron chi connectivity index (χ2n) is 10.6. The molecule has 0 spiro atoms. The van der Waals surface area contributed by atoms with Gasteiger partial charge < -0.3 is 26.4 Å². The molecule has 2 aromatic rings. The number of hydrogen-bond donors (Lipinski definition) is 4. The highest BCUT2D eigenvalue weighted by atomic mass is 35.5. The number of aliphatic hydroxyl groups excluding tert-OH is 1. The number of urea groups is 1. The van der Waals surface area contributed by atoms with Crippen LogP contribution in [0.3, 0.4) is 0 Å². The van der Waals surface area contributed by atoms with Crippen LogP contribution in [0.1, 0.15) is 12.5 Å². The van der Waals surface area contributed by atoms with Crippen LogP contribution in [0.5, 0.6) is 0 Å². The van der Waals surface area contributed by atoms with Gasteiger partial charge in [0.2, 0.25) is 5.91 Å². The summed E-state index contributed by atoms with van der Waals surface area (Å²) in [7, 11) is 0. The highest BCUT2D eigenvalue weighted by molar-refractivity contribution is 6.31. The lowest BCUT2D eigenvalue weighted by molar-refractivity contribution is -0.139. The number of rotatable bonds is 6. The average Bonchev–Trinajstić information content (AvgIpc) is 3.29. The van der Waals surface area contributed by atoms with Crippen molar-refractivity contribution in [3.05, 3.63) is 51.5 Å². The smallest absolute Gasteiger partial charge is 0.354 e. The molecular formula is C25H33ClN8O4. The van der Waals surface area contributed by atoms with Crippen molar-refractivity contribution in [3.8, 4) is 5.69 Å². The molecule has 2 saturated heterocycles. The lowest BCUT2D eigenvalue weighted by Gasteiger charge is -2.37. The van der Waals surface area contributed by atoms with E-state index < -0.39 is 23.9 Å². The summed E-state index contributed by atoms with van der Waals surface area (Å²) >= 11 is 6.54. The van der Waals surface area contributed by atoms with Crippen LogP contribution in [-0.4, -0.2) is 98.8 Å². The Morgan fingerprint density at radius 3 is 2.42 bits per heavy atom. The Labute approximate surface area is 225 Å². The van der Waals surface area contributed by atoms with Crippen LogP contribution >= 0.6 is 11.6 Å². The molecule has 3 atom stereocenters. The Bertz CT molecular complexity index is 1280. The summed E-state index contributed by atoms with van der Waals surface area (Å²) in [5, 5.41) is 12.5. The van der Waals surface area contributed by atoms with Gasteiger partial charge in [0.05, 0.1) is 12.3 Å². The van der Waals surface area contributed by atoms with Crippen LogP contribution in [0, 0.1) is 11.8 Å². The number of hydrogen-bond acceptors (Lipinski definition) is 8. The fraction of sp³-hybridized carbons (Fsp3) is 0.520. The normalized spacial score (nSPS) is 24.6. The summed E-state index contributed by atoms with van der Waals surface area (Å²) in [4.78, 5) is 47.2. The Morgan fingerprint density at radius 2 is 1.82 bits per heavy atom. The van der Waals surface area contributed by atoms with E-state index in [0.29, 0.717) is 28.6 Å². The molecule has 3 aliphatic rings. The number of anilines is 1. The molecule has 3 heterocycles. The Balaban J connectivity index is 1.17. The molecule has 38 heavy (non-hydrogen) atoms. The van der Waals surface area contributed by atoms with Crippen LogP contribution in [0.2, 0.25) is 5.02 Å². The number of amides is 3. The third kappa shape index (κ3) is 5.27. The van der Waals surface area contributed by atoms with Gasteiger partial charge in [-0.2, -0.15) is 4.98 Å². The predicted molar refractivity (Wildman–Crippen MR) is 142 cm³/mol. The zero-order valence-electron chi connectivity index (χ0n) is 21.2. The number of piperazine rings is 1. The molecule has 3 unspecified atom stereocenters. The fourth-order valence-corrected chi connectivity index (χ4v) is 5.48. The van der Waals surface area contributed by atoms with Crippen molar-refractivity contribution in [2.24, 2.45) is 23.3 Å². The van der Waals surface area contributed by atoms with Crippen molar-refractivity contribution >= 4 is 29.4 Å². The summed E-state index contributed by atoms with van der Waals surface area (Å²) in [6.45, 7) is 4.88. The van der Waals surface area contributed by atoms with E-state index in [1.54, 1.807) is 18.3 Å². The van der Waals surface area contributed by atoms with Crippen molar-refractivity contribution in [1.29, 1.82) is 0 Å². The van der Waals surface area contributed by atoms with E-state index in [2.05, 4.69) is 15.2 Å². The Morgan fingerprint density at radius 1 is 1.16 bits per heavy atom. The van der Waals surface area contributed by atoms with Crippen molar-refractivity contribution in [3.63, 3.8) is 0 Å². The van der Waals surface area contributed by atoms with Gasteiger partial charge in [0, 0.05) is 63.1 Å². The van der Waals surface area contributed by atoms with E-state index >= 15 is 0 Å². The second-order valence-corrected chi connectivity index (χ2v) is 11.0. The number of likely N-dealkylation sites (tertiary alicyclic amines) is 1. The maximum absolute atomic E-state index is 12.7. The molecule has 1 saturated carbocycles. The third-order valence-electron chi connectivity index (χ3n) is 7.75. The van der Waals surface area contributed by atoms with Gasteiger partial charge in [0.25, 0.3) is 0 Å². The van der Waals surface area contributed by atoms with Crippen LogP contribution in [0.15, 0.2) is 35.3 Å². The SMILES string of the molecule is CC(N)(CO)C(=O)N1CCN(C(=O)Nc2ccn(-c3ccc(CN4CC5C(N)C5C4)c(Cl)c3)c(=O)n2)CC1. The molecule has 2 aliphatic heterocycles.